The smallest absolute Gasteiger partial charge is 0.410 e. The molecule has 1 aromatic carbocycles. The van der Waals surface area contributed by atoms with E-state index in [2.05, 4.69) is 35.4 Å². The average molecular weight is 501 g/mol. The number of amides is 2. The van der Waals surface area contributed by atoms with Crippen LogP contribution in [0.3, 0.4) is 0 Å². The SMILES string of the molecule is CC(C)(C)OC(=O)N1CCN(c2ccncc2NC(=O)c2ccnc(-c3ccc4[nH]ncc4c3)n2)CC1. The molecule has 0 spiro atoms. The Morgan fingerprint density at radius 3 is 2.62 bits per heavy atom. The van der Waals surface area contributed by atoms with Gasteiger partial charge in [0, 0.05) is 49.5 Å². The number of nitrogens with zero attached hydrogens (tertiary/aromatic N) is 6. The van der Waals surface area contributed by atoms with E-state index in [9.17, 15) is 9.59 Å². The Kier molecular flexibility index (Phi) is 6.43. The van der Waals surface area contributed by atoms with Gasteiger partial charge < -0.3 is 19.9 Å². The van der Waals surface area contributed by atoms with E-state index in [1.165, 1.54) is 0 Å². The van der Waals surface area contributed by atoms with Crippen LogP contribution >= 0.6 is 0 Å². The molecule has 1 fully saturated rings. The van der Waals surface area contributed by atoms with Crippen LogP contribution in [0.25, 0.3) is 22.3 Å². The van der Waals surface area contributed by atoms with Gasteiger partial charge in [0.1, 0.15) is 11.3 Å². The zero-order chi connectivity index (χ0) is 26.0. The Balaban J connectivity index is 1.29. The van der Waals surface area contributed by atoms with Crippen LogP contribution in [0.2, 0.25) is 0 Å². The zero-order valence-corrected chi connectivity index (χ0v) is 20.9. The molecule has 1 aliphatic heterocycles. The third-order valence-electron chi connectivity index (χ3n) is 5.90. The fourth-order valence-corrected chi connectivity index (χ4v) is 4.11. The van der Waals surface area contributed by atoms with Crippen molar-refractivity contribution in [1.29, 1.82) is 0 Å². The number of hydrogen-bond donors (Lipinski definition) is 2. The quantitative estimate of drug-likeness (QED) is 0.434. The molecule has 1 aliphatic rings. The molecule has 11 nitrogen and oxygen atoms in total. The van der Waals surface area contributed by atoms with Crippen LogP contribution in [0.5, 0.6) is 0 Å². The van der Waals surface area contributed by atoms with Crippen LogP contribution in [0.1, 0.15) is 31.3 Å². The summed E-state index contributed by atoms with van der Waals surface area (Å²) in [5, 5.41) is 10.8. The standard InChI is InChI=1S/C26H28N8O3/c1-26(2,3)37-25(36)34-12-10-33(11-13-34)22-7-8-27-16-21(22)31-24(35)20-6-9-28-23(30-20)17-4-5-19-18(14-17)15-29-32-19/h4-9,14-16H,10-13H2,1-3H3,(H,29,32)(H,31,35). The van der Waals surface area contributed by atoms with E-state index in [4.69, 9.17) is 4.74 Å². The summed E-state index contributed by atoms with van der Waals surface area (Å²) in [5.74, 6) is 0.0788. The van der Waals surface area contributed by atoms with Crippen molar-refractivity contribution in [3.8, 4) is 11.4 Å². The third kappa shape index (κ3) is 5.50. The summed E-state index contributed by atoms with van der Waals surface area (Å²) in [5.41, 5.74) is 2.79. The van der Waals surface area contributed by atoms with Gasteiger partial charge in [0.2, 0.25) is 0 Å². The van der Waals surface area contributed by atoms with Gasteiger partial charge in [-0.25, -0.2) is 14.8 Å². The van der Waals surface area contributed by atoms with Crippen LogP contribution in [-0.4, -0.2) is 73.8 Å². The minimum atomic E-state index is -0.538. The number of H-pyrrole nitrogens is 1. The number of piperazine rings is 1. The fourth-order valence-electron chi connectivity index (χ4n) is 4.11. The van der Waals surface area contributed by atoms with Gasteiger partial charge in [0.05, 0.1) is 29.3 Å². The second-order valence-electron chi connectivity index (χ2n) is 9.74. The highest BCUT2D eigenvalue weighted by atomic mass is 16.6. The molecule has 11 heteroatoms. The van der Waals surface area contributed by atoms with Crippen molar-refractivity contribution in [2.45, 2.75) is 26.4 Å². The molecule has 0 radical (unpaired) electrons. The Morgan fingerprint density at radius 2 is 1.84 bits per heavy atom. The van der Waals surface area contributed by atoms with E-state index in [0.717, 1.165) is 22.2 Å². The number of benzene rings is 1. The molecule has 0 saturated carbocycles. The van der Waals surface area contributed by atoms with Gasteiger partial charge in [-0.3, -0.25) is 14.9 Å². The predicted molar refractivity (Wildman–Crippen MR) is 139 cm³/mol. The van der Waals surface area contributed by atoms with Crippen molar-refractivity contribution >= 4 is 34.3 Å². The lowest BCUT2D eigenvalue weighted by Gasteiger charge is -2.37. The van der Waals surface area contributed by atoms with E-state index in [0.29, 0.717) is 37.7 Å². The lowest BCUT2D eigenvalue weighted by molar-refractivity contribution is 0.0240. The molecule has 0 unspecified atom stereocenters. The van der Waals surface area contributed by atoms with E-state index in [1.54, 1.807) is 35.8 Å². The van der Waals surface area contributed by atoms with Crippen LogP contribution in [0, 0.1) is 0 Å². The van der Waals surface area contributed by atoms with Gasteiger partial charge in [-0.15, -0.1) is 0 Å². The van der Waals surface area contributed by atoms with Gasteiger partial charge in [-0.2, -0.15) is 5.10 Å². The molecule has 0 bridgehead atoms. The average Bonchev–Trinajstić information content (AvgIpc) is 3.36. The first-order chi connectivity index (χ1) is 17.8. The molecule has 0 aliphatic carbocycles. The summed E-state index contributed by atoms with van der Waals surface area (Å²) >= 11 is 0. The molecule has 0 atom stereocenters. The Bertz CT molecular complexity index is 1440. The van der Waals surface area contributed by atoms with Gasteiger partial charge in [0.15, 0.2) is 5.82 Å². The van der Waals surface area contributed by atoms with Gasteiger partial charge in [-0.1, -0.05) is 0 Å². The molecule has 4 aromatic rings. The van der Waals surface area contributed by atoms with Crippen LogP contribution in [0.15, 0.2) is 55.1 Å². The molecular weight excluding hydrogens is 472 g/mol. The van der Waals surface area contributed by atoms with E-state index < -0.39 is 5.60 Å². The molecule has 2 amide bonds. The van der Waals surface area contributed by atoms with E-state index >= 15 is 0 Å². The summed E-state index contributed by atoms with van der Waals surface area (Å²) in [6.07, 6.45) is 6.27. The molecule has 3 aromatic heterocycles. The summed E-state index contributed by atoms with van der Waals surface area (Å²) < 4.78 is 5.49. The number of ether oxygens (including phenoxy) is 1. The maximum atomic E-state index is 13.1. The van der Waals surface area contributed by atoms with Crippen molar-refractivity contribution < 1.29 is 14.3 Å². The van der Waals surface area contributed by atoms with Gasteiger partial charge >= 0.3 is 6.09 Å². The van der Waals surface area contributed by atoms with Crippen molar-refractivity contribution in [3.05, 3.63) is 60.8 Å². The van der Waals surface area contributed by atoms with Crippen molar-refractivity contribution in [3.63, 3.8) is 0 Å². The number of aromatic nitrogens is 5. The molecular formula is C26H28N8O3. The molecule has 37 heavy (non-hydrogen) atoms. The lowest BCUT2D eigenvalue weighted by atomic mass is 10.1. The topological polar surface area (TPSA) is 129 Å². The molecule has 190 valence electrons. The largest absolute Gasteiger partial charge is 0.444 e. The molecule has 1 saturated heterocycles. The maximum absolute atomic E-state index is 13.1. The zero-order valence-electron chi connectivity index (χ0n) is 20.9. The second kappa shape index (κ2) is 9.84. The van der Waals surface area contributed by atoms with Crippen molar-refractivity contribution in [1.82, 2.24) is 30.0 Å². The van der Waals surface area contributed by atoms with Crippen molar-refractivity contribution in [2.24, 2.45) is 0 Å². The summed E-state index contributed by atoms with van der Waals surface area (Å²) in [6, 6.07) is 9.13. The van der Waals surface area contributed by atoms with E-state index in [1.807, 2.05) is 45.0 Å². The maximum Gasteiger partial charge on any atom is 0.410 e. The number of aromatic amines is 1. The molecule has 2 N–H and O–H groups in total. The number of carbonyl (C=O) groups is 2. The Morgan fingerprint density at radius 1 is 1.03 bits per heavy atom. The Hall–Kier alpha value is -4.54. The highest BCUT2D eigenvalue weighted by Crippen LogP contribution is 2.27. The third-order valence-corrected chi connectivity index (χ3v) is 5.90. The number of nitrogens with one attached hydrogen (secondary N) is 2. The highest BCUT2D eigenvalue weighted by Gasteiger charge is 2.27. The number of anilines is 2. The minimum Gasteiger partial charge on any atom is -0.444 e. The molecule has 5 rings (SSSR count). The van der Waals surface area contributed by atoms with Crippen LogP contribution < -0.4 is 10.2 Å². The van der Waals surface area contributed by atoms with Crippen molar-refractivity contribution in [2.75, 3.05) is 36.4 Å². The Labute approximate surface area is 213 Å². The number of rotatable bonds is 4. The normalized spacial score (nSPS) is 14.0. The summed E-state index contributed by atoms with van der Waals surface area (Å²) in [4.78, 5) is 42.4. The first kappa shape index (κ1) is 24.2. The number of hydrogen-bond acceptors (Lipinski definition) is 8. The second-order valence-corrected chi connectivity index (χ2v) is 9.74. The highest BCUT2D eigenvalue weighted by molar-refractivity contribution is 6.04. The van der Waals surface area contributed by atoms with E-state index in [-0.39, 0.29) is 17.7 Å². The van der Waals surface area contributed by atoms with Crippen LogP contribution in [0.4, 0.5) is 16.2 Å². The number of carbonyl (C=O) groups excluding carboxylic acids is 2. The fraction of sp³-hybridized carbons (Fsp3) is 0.308. The summed E-state index contributed by atoms with van der Waals surface area (Å²) in [7, 11) is 0. The summed E-state index contributed by atoms with van der Waals surface area (Å²) in [6.45, 7) is 7.78. The monoisotopic (exact) mass is 500 g/mol. The first-order valence-electron chi connectivity index (χ1n) is 12.0. The van der Waals surface area contributed by atoms with Crippen LogP contribution in [-0.2, 0) is 4.74 Å². The number of fused-ring (bicyclic) bond motifs is 1. The van der Waals surface area contributed by atoms with Gasteiger partial charge in [-0.05, 0) is 51.1 Å². The first-order valence-corrected chi connectivity index (χ1v) is 12.0. The number of pyridine rings is 1. The minimum absolute atomic E-state index is 0.238. The van der Waals surface area contributed by atoms with Gasteiger partial charge in [0.25, 0.3) is 5.91 Å². The molecule has 4 heterocycles. The predicted octanol–water partition coefficient (Wildman–Crippen LogP) is 3.72. The lowest BCUT2D eigenvalue weighted by Crippen LogP contribution is -2.50.